The van der Waals surface area contributed by atoms with Crippen LogP contribution in [0.1, 0.15) is 160 Å². The number of allylic oxidation sites excluding steroid dienone is 7. The number of nitrogens with zero attached hydrogens (tertiary/aromatic N) is 2. The van der Waals surface area contributed by atoms with Crippen LogP contribution in [0.4, 0.5) is 16.2 Å². The summed E-state index contributed by atoms with van der Waals surface area (Å²) in [7, 11) is -13.3. The monoisotopic (exact) mass is 1630 g/mol. The second-order valence-electron chi connectivity index (χ2n) is 30.0. The minimum absolute atomic E-state index is 0.0279. The molecule has 0 aromatic heterocycles. The Morgan fingerprint density at radius 2 is 1.26 bits per heavy atom. The SMILES string of the molecule is CCCCCN1/C(=C/C=C2\CCCC(/C=C/C3=[N+](CCCCS(=O)(=O)O)c4cc5cc(S(=O)(=O)O)ccc5cc4C3(C)C)=C2Oc2ccc(C[C@H](CC(=O)[C@H](Cc3ccccc3)NC(=O)CCOCCOCCCC(=O)CC[C@H](NC(=O)NCCCC(=O)O)C(=O)O)C(=O)O)cc2)C(C)(C)c2cc3ccc(S(=O)(=O)O)cc3cc21. The summed E-state index contributed by atoms with van der Waals surface area (Å²) in [4.78, 5) is 89.8. The van der Waals surface area contributed by atoms with Crippen LogP contribution in [0, 0.1) is 5.92 Å². The Hall–Kier alpha value is -9.79. The first-order valence-electron chi connectivity index (χ1n) is 38.3. The lowest BCUT2D eigenvalue weighted by Crippen LogP contribution is -2.46. The maximum absolute atomic E-state index is 14.4. The number of amides is 3. The number of ketones is 2. The van der Waals surface area contributed by atoms with Crippen molar-refractivity contribution in [2.24, 2.45) is 5.92 Å². The Kier molecular flexibility index (Phi) is 30.6. The van der Waals surface area contributed by atoms with E-state index < -0.39 is 107 Å². The first-order chi connectivity index (χ1) is 54.0. The molecule has 27 nitrogen and oxygen atoms in total. The lowest BCUT2D eigenvalue weighted by molar-refractivity contribution is -0.438. The number of carbonyl (C=O) groups is 7. The van der Waals surface area contributed by atoms with E-state index in [2.05, 4.69) is 78.3 Å². The molecule has 2 heterocycles. The number of ether oxygens (including phenoxy) is 3. The third-order valence-corrected chi connectivity index (χ3v) is 23.3. The van der Waals surface area contributed by atoms with Crippen LogP contribution in [0.25, 0.3) is 21.5 Å². The molecule has 612 valence electrons. The number of unbranched alkanes of at least 4 members (excludes halogenated alkanes) is 3. The summed E-state index contributed by atoms with van der Waals surface area (Å²) in [5, 5.41) is 39.2. The van der Waals surface area contributed by atoms with Crippen molar-refractivity contribution < 1.29 is 107 Å². The summed E-state index contributed by atoms with van der Waals surface area (Å²) < 4.78 is 123. The van der Waals surface area contributed by atoms with Gasteiger partial charge in [0.05, 0.1) is 52.7 Å². The lowest BCUT2D eigenvalue weighted by atomic mass is 9.80. The van der Waals surface area contributed by atoms with Gasteiger partial charge in [-0.05, 0) is 194 Å². The van der Waals surface area contributed by atoms with Gasteiger partial charge in [-0.3, -0.25) is 37.6 Å². The minimum atomic E-state index is -4.56. The number of carboxylic acid groups (broad SMARTS) is 3. The normalized spacial score (nSPS) is 16.3. The molecule has 3 atom stereocenters. The van der Waals surface area contributed by atoms with E-state index in [1.54, 1.807) is 66.7 Å². The largest absolute Gasteiger partial charge is 0.481 e. The Balaban J connectivity index is 0.929. The fourth-order valence-electron chi connectivity index (χ4n) is 14.7. The quantitative estimate of drug-likeness (QED) is 0.00974. The van der Waals surface area contributed by atoms with Gasteiger partial charge in [-0.2, -0.15) is 29.8 Å². The van der Waals surface area contributed by atoms with Crippen LogP contribution in [0.5, 0.6) is 5.75 Å². The van der Waals surface area contributed by atoms with Gasteiger partial charge in [0.2, 0.25) is 11.6 Å². The van der Waals surface area contributed by atoms with Crippen LogP contribution >= 0.6 is 0 Å². The highest BCUT2D eigenvalue weighted by Gasteiger charge is 2.45. The molecule has 9 rings (SSSR count). The lowest BCUT2D eigenvalue weighted by Gasteiger charge is -2.27. The number of nitrogens with one attached hydrogen (secondary N) is 3. The zero-order chi connectivity index (χ0) is 82.7. The highest BCUT2D eigenvalue weighted by atomic mass is 32.2. The second kappa shape index (κ2) is 39.5. The number of carbonyl (C=O) groups excluding carboxylic acids is 4. The molecule has 6 aromatic carbocycles. The summed E-state index contributed by atoms with van der Waals surface area (Å²) in [5.74, 6) is -5.54. The van der Waals surface area contributed by atoms with Gasteiger partial charge in [0.15, 0.2) is 11.5 Å². The summed E-state index contributed by atoms with van der Waals surface area (Å²) >= 11 is 0. The molecule has 0 radical (unpaired) electrons. The number of Topliss-reactive ketones (excluding diaryl/α,β-unsaturated/α-hetero) is 2. The van der Waals surface area contributed by atoms with Gasteiger partial charge >= 0.3 is 23.9 Å². The molecule has 0 saturated heterocycles. The van der Waals surface area contributed by atoms with Crippen LogP contribution in [-0.4, -0.2) is 170 Å². The maximum atomic E-state index is 14.4. The maximum Gasteiger partial charge on any atom is 0.326 e. The average molecular weight is 1630 g/mol. The molecule has 0 fully saturated rings. The van der Waals surface area contributed by atoms with Crippen molar-refractivity contribution >= 4 is 110 Å². The van der Waals surface area contributed by atoms with Gasteiger partial charge in [0.1, 0.15) is 29.9 Å². The van der Waals surface area contributed by atoms with Crippen molar-refractivity contribution in [3.8, 4) is 5.75 Å². The van der Waals surface area contributed by atoms with Crippen LogP contribution in [-0.2, 0) is 92.3 Å². The zero-order valence-electron chi connectivity index (χ0n) is 64.7. The van der Waals surface area contributed by atoms with Crippen LogP contribution in [0.3, 0.4) is 0 Å². The second-order valence-corrected chi connectivity index (χ2v) is 34.5. The zero-order valence-corrected chi connectivity index (χ0v) is 67.2. The topological polar surface area (TPSA) is 413 Å². The first kappa shape index (κ1) is 88.2. The molecule has 9 N–H and O–H groups in total. The van der Waals surface area contributed by atoms with E-state index >= 15 is 0 Å². The van der Waals surface area contributed by atoms with Gasteiger partial charge in [0, 0.05) is 92.7 Å². The minimum Gasteiger partial charge on any atom is -0.481 e. The molecule has 30 heteroatoms. The Morgan fingerprint density at radius 3 is 1.90 bits per heavy atom. The molecule has 3 amide bonds. The third-order valence-electron chi connectivity index (χ3n) is 20.8. The summed E-state index contributed by atoms with van der Waals surface area (Å²) in [6.45, 7) is 11.9. The Morgan fingerprint density at radius 1 is 0.605 bits per heavy atom. The smallest absolute Gasteiger partial charge is 0.326 e. The number of urea groups is 1. The summed E-state index contributed by atoms with van der Waals surface area (Å²) in [6.07, 6.45) is 12.9. The van der Waals surface area contributed by atoms with Gasteiger partial charge in [-0.25, -0.2) is 9.59 Å². The number of hydrogen-bond acceptors (Lipinski definition) is 17. The molecule has 2 aliphatic heterocycles. The fraction of sp³-hybridized carbons (Fsp3) is 0.429. The number of carboxylic acids is 3. The third kappa shape index (κ3) is 24.4. The number of aliphatic carboxylic acids is 3. The van der Waals surface area contributed by atoms with Gasteiger partial charge in [0.25, 0.3) is 30.4 Å². The van der Waals surface area contributed by atoms with Crippen molar-refractivity contribution in [3.63, 3.8) is 0 Å². The predicted octanol–water partition coefficient (Wildman–Crippen LogP) is 12.5. The van der Waals surface area contributed by atoms with Gasteiger partial charge in [-0.15, -0.1) is 0 Å². The van der Waals surface area contributed by atoms with E-state index in [1.807, 2.05) is 30.4 Å². The van der Waals surface area contributed by atoms with Crippen molar-refractivity contribution in [1.29, 1.82) is 0 Å². The van der Waals surface area contributed by atoms with Crippen molar-refractivity contribution in [2.45, 2.75) is 183 Å². The predicted molar refractivity (Wildman–Crippen MR) is 430 cm³/mol. The van der Waals surface area contributed by atoms with Crippen molar-refractivity contribution in [1.82, 2.24) is 16.0 Å². The molecule has 1 aliphatic carbocycles. The van der Waals surface area contributed by atoms with E-state index in [0.717, 1.165) is 80.7 Å². The standard InChI is InChI=1S/C84H101N5O22S3/c1-6-7-11-39-88-72-52-61-48-66(113(103,104)105)32-25-59(61)50-68(72)83(2,3)75(88)35-27-57-19-14-20-58(28-36-76-84(4,5)69-51-60-26-33-67(114(106,107)108)49-62(60)53-73(69)89(76)40-12-13-45-112(100,101)102)79(57)111-65-30-23-56(24-31-65)46-63(80(95)96)54-74(91)71(47-55-17-9-8-10-18-55)86-77(92)37-42-110-44-43-109-41-16-21-64(90)29-34-70(81(97)98)87-82(99)85-38-15-22-78(93)94/h8-10,17-18,23-28,30-33,35-36,48-53,63,70-71H,6-7,11-16,19-22,29,34,37-47,54H2,1-5H3,(H8-,85,86,87,92,93,94,95,96,97,98,99,100,101,102,103,104,105,106,107,108)/p+1/t63-,70+,71+/m1/s1. The Bertz CT molecular complexity index is 5090. The van der Waals surface area contributed by atoms with Gasteiger partial charge < -0.3 is 50.4 Å². The molecule has 114 heavy (non-hydrogen) atoms. The highest BCUT2D eigenvalue weighted by Crippen LogP contribution is 2.50. The van der Waals surface area contributed by atoms with E-state index in [9.17, 15) is 82.7 Å². The van der Waals surface area contributed by atoms with Crippen LogP contribution in [0.15, 0.2) is 172 Å². The van der Waals surface area contributed by atoms with Crippen LogP contribution < -0.4 is 25.6 Å². The fourth-order valence-corrected chi connectivity index (χ4v) is 16.3. The van der Waals surface area contributed by atoms with Crippen molar-refractivity contribution in [3.05, 3.63) is 184 Å². The van der Waals surface area contributed by atoms with E-state index in [0.29, 0.717) is 73.0 Å². The number of anilines is 1. The molecule has 6 aromatic rings. The van der Waals surface area contributed by atoms with Crippen LogP contribution in [0.2, 0.25) is 0 Å². The molecule has 3 aliphatic rings. The highest BCUT2D eigenvalue weighted by molar-refractivity contribution is 7.86. The van der Waals surface area contributed by atoms with Gasteiger partial charge in [-0.1, -0.05) is 94.3 Å². The molecule has 0 saturated carbocycles. The molecule has 0 bridgehead atoms. The summed E-state index contributed by atoms with van der Waals surface area (Å²) in [6, 6.07) is 29.5. The number of hydrogen-bond donors (Lipinski definition) is 9. The molecular formula is C84H102N5O22S3+. The van der Waals surface area contributed by atoms with E-state index in [-0.39, 0.29) is 106 Å². The molecule has 0 spiro atoms. The summed E-state index contributed by atoms with van der Waals surface area (Å²) in [5.41, 5.74) is 7.08. The Labute approximate surface area is 664 Å². The van der Waals surface area contributed by atoms with E-state index in [4.69, 9.17) is 19.3 Å². The molecule has 0 unspecified atom stereocenters. The first-order valence-corrected chi connectivity index (χ1v) is 42.8. The number of fused-ring (bicyclic) bond motifs is 4. The van der Waals surface area contributed by atoms with Crippen molar-refractivity contribution in [2.75, 3.05) is 56.7 Å². The number of rotatable bonds is 44. The number of benzene rings is 6. The molecular weight excluding hydrogens is 1530 g/mol. The van der Waals surface area contributed by atoms with E-state index in [1.165, 1.54) is 24.3 Å². The average Bonchev–Trinajstić information content (AvgIpc) is 1.58.